The molecule has 1 N–H and O–H groups in total. The molecule has 0 radical (unpaired) electrons. The smallest absolute Gasteiger partial charge is 0.255 e. The predicted molar refractivity (Wildman–Crippen MR) is 96.7 cm³/mol. The average Bonchev–Trinajstić information content (AvgIpc) is 2.72. The number of ether oxygens (including phenoxy) is 2. The molecule has 0 atom stereocenters. The Kier molecular flexibility index (Phi) is 4.86. The van der Waals surface area contributed by atoms with Gasteiger partial charge in [0.15, 0.2) is 11.5 Å². The van der Waals surface area contributed by atoms with Gasteiger partial charge in [0.05, 0.1) is 17.8 Å². The summed E-state index contributed by atoms with van der Waals surface area (Å²) < 4.78 is 11.1. The molecule has 2 aliphatic heterocycles. The highest BCUT2D eigenvalue weighted by Gasteiger charge is 2.20. The summed E-state index contributed by atoms with van der Waals surface area (Å²) in [5, 5.41) is 2.91. The number of benzene rings is 1. The number of hydrogen-bond acceptors (Lipinski definition) is 6. The van der Waals surface area contributed by atoms with Crippen LogP contribution in [0.15, 0.2) is 30.5 Å². The van der Waals surface area contributed by atoms with Crippen molar-refractivity contribution in [2.45, 2.75) is 25.8 Å². The van der Waals surface area contributed by atoms with E-state index in [0.717, 1.165) is 24.7 Å². The summed E-state index contributed by atoms with van der Waals surface area (Å²) in [5.41, 5.74) is 1.27. The molecule has 1 aromatic carbocycles. The number of carbonyl (C=O) groups is 1. The number of nitrogens with one attached hydrogen (secondary N) is 1. The van der Waals surface area contributed by atoms with Crippen molar-refractivity contribution in [3.8, 4) is 11.5 Å². The van der Waals surface area contributed by atoms with Gasteiger partial charge in [0.25, 0.3) is 5.91 Å². The summed E-state index contributed by atoms with van der Waals surface area (Å²) in [6.45, 7) is 3.26. The number of nitrogens with zero attached hydrogens (tertiary/aromatic N) is 3. The Bertz CT molecular complexity index is 790. The van der Waals surface area contributed by atoms with Crippen LogP contribution in [0.5, 0.6) is 11.5 Å². The fourth-order valence-corrected chi connectivity index (χ4v) is 3.25. The first-order valence-electron chi connectivity index (χ1n) is 9.05. The van der Waals surface area contributed by atoms with Crippen LogP contribution >= 0.6 is 0 Å². The van der Waals surface area contributed by atoms with Gasteiger partial charge >= 0.3 is 0 Å². The predicted octanol–water partition coefficient (Wildman–Crippen LogP) is 2.17. The fraction of sp³-hybridized carbons (Fsp3) is 0.421. The molecule has 0 unspecified atom stereocenters. The Hall–Kier alpha value is -2.83. The van der Waals surface area contributed by atoms with E-state index in [1.54, 1.807) is 24.4 Å². The van der Waals surface area contributed by atoms with Crippen molar-refractivity contribution < 1.29 is 14.3 Å². The number of carbonyl (C=O) groups excluding carboxylic acids is 1. The maximum atomic E-state index is 12.6. The van der Waals surface area contributed by atoms with Crippen LogP contribution in [0.4, 0.5) is 5.95 Å². The molecule has 0 spiro atoms. The van der Waals surface area contributed by atoms with E-state index in [1.165, 1.54) is 19.3 Å². The minimum Gasteiger partial charge on any atom is -0.486 e. The molecule has 4 rings (SSSR count). The minimum absolute atomic E-state index is 0.203. The highest BCUT2D eigenvalue weighted by Crippen LogP contribution is 2.33. The Morgan fingerprint density at radius 1 is 1.12 bits per heavy atom. The third-order valence-corrected chi connectivity index (χ3v) is 4.58. The standard InChI is InChI=1S/C19H22N4O3/c24-18(15-5-4-6-16-17(15)26-12-11-25-16)21-13-14-7-8-20-19(22-14)23-9-2-1-3-10-23/h4-8H,1-3,9-13H2,(H,21,24). The number of fused-ring (bicyclic) bond motifs is 1. The lowest BCUT2D eigenvalue weighted by atomic mass is 10.1. The number of anilines is 1. The lowest BCUT2D eigenvalue weighted by Gasteiger charge is -2.26. The van der Waals surface area contributed by atoms with E-state index < -0.39 is 0 Å². The van der Waals surface area contributed by atoms with E-state index >= 15 is 0 Å². The summed E-state index contributed by atoms with van der Waals surface area (Å²) in [4.78, 5) is 23.7. The molecule has 0 saturated carbocycles. The van der Waals surface area contributed by atoms with E-state index in [1.807, 2.05) is 6.07 Å². The molecule has 1 amide bonds. The first-order chi connectivity index (χ1) is 12.8. The molecule has 1 aromatic heterocycles. The van der Waals surface area contributed by atoms with Gasteiger partial charge in [-0.3, -0.25) is 4.79 Å². The van der Waals surface area contributed by atoms with E-state index in [2.05, 4.69) is 20.2 Å². The maximum Gasteiger partial charge on any atom is 0.255 e. The van der Waals surface area contributed by atoms with Crippen LogP contribution in [0.1, 0.15) is 35.3 Å². The molecule has 1 fully saturated rings. The highest BCUT2D eigenvalue weighted by atomic mass is 16.6. The Labute approximate surface area is 152 Å². The SMILES string of the molecule is O=C(NCc1ccnc(N2CCCCC2)n1)c1cccc2c1OCCO2. The van der Waals surface area contributed by atoms with Gasteiger partial charge in [-0.15, -0.1) is 0 Å². The highest BCUT2D eigenvalue weighted by molar-refractivity contribution is 5.97. The second-order valence-electron chi connectivity index (χ2n) is 6.41. The van der Waals surface area contributed by atoms with Crippen LogP contribution in [0.2, 0.25) is 0 Å². The monoisotopic (exact) mass is 354 g/mol. The van der Waals surface area contributed by atoms with Crippen LogP contribution in [-0.2, 0) is 6.54 Å². The zero-order chi connectivity index (χ0) is 17.8. The second kappa shape index (κ2) is 7.59. The lowest BCUT2D eigenvalue weighted by molar-refractivity contribution is 0.0939. The zero-order valence-electron chi connectivity index (χ0n) is 14.6. The molecule has 2 aromatic rings. The van der Waals surface area contributed by atoms with Gasteiger partial charge in [-0.05, 0) is 37.5 Å². The molecule has 0 aliphatic carbocycles. The van der Waals surface area contributed by atoms with E-state index in [4.69, 9.17) is 9.47 Å². The van der Waals surface area contributed by atoms with Gasteiger partial charge in [-0.1, -0.05) is 6.07 Å². The Morgan fingerprint density at radius 3 is 2.85 bits per heavy atom. The van der Waals surface area contributed by atoms with Crippen molar-refractivity contribution in [2.24, 2.45) is 0 Å². The molecular formula is C19H22N4O3. The first kappa shape index (κ1) is 16.6. The zero-order valence-corrected chi connectivity index (χ0v) is 14.6. The van der Waals surface area contributed by atoms with Gasteiger partial charge in [0.1, 0.15) is 13.2 Å². The topological polar surface area (TPSA) is 76.6 Å². The number of para-hydroxylation sites is 1. The van der Waals surface area contributed by atoms with E-state index in [0.29, 0.717) is 36.8 Å². The van der Waals surface area contributed by atoms with Crippen molar-refractivity contribution in [3.63, 3.8) is 0 Å². The van der Waals surface area contributed by atoms with Crippen LogP contribution in [0.3, 0.4) is 0 Å². The summed E-state index contributed by atoms with van der Waals surface area (Å²) >= 11 is 0. The number of rotatable bonds is 4. The molecule has 26 heavy (non-hydrogen) atoms. The molecular weight excluding hydrogens is 332 g/mol. The molecule has 3 heterocycles. The summed E-state index contributed by atoms with van der Waals surface area (Å²) in [5.74, 6) is 1.65. The molecule has 136 valence electrons. The largest absolute Gasteiger partial charge is 0.486 e. The van der Waals surface area contributed by atoms with Crippen molar-refractivity contribution >= 4 is 11.9 Å². The summed E-state index contributed by atoms with van der Waals surface area (Å²) in [6, 6.07) is 7.16. The number of aromatic nitrogens is 2. The second-order valence-corrected chi connectivity index (χ2v) is 6.41. The first-order valence-corrected chi connectivity index (χ1v) is 9.05. The van der Waals surface area contributed by atoms with Crippen LogP contribution in [-0.4, -0.2) is 42.2 Å². The molecule has 1 saturated heterocycles. The number of amides is 1. The van der Waals surface area contributed by atoms with Gasteiger partial charge in [0.2, 0.25) is 5.95 Å². The molecule has 2 aliphatic rings. The van der Waals surface area contributed by atoms with Gasteiger partial charge in [-0.2, -0.15) is 0 Å². The number of hydrogen-bond donors (Lipinski definition) is 1. The Morgan fingerprint density at radius 2 is 1.96 bits per heavy atom. The van der Waals surface area contributed by atoms with Crippen LogP contribution < -0.4 is 19.7 Å². The summed E-state index contributed by atoms with van der Waals surface area (Å²) in [6.07, 6.45) is 5.36. The molecule has 0 bridgehead atoms. The Balaban J connectivity index is 1.43. The fourth-order valence-electron chi connectivity index (χ4n) is 3.25. The number of piperidine rings is 1. The van der Waals surface area contributed by atoms with E-state index in [-0.39, 0.29) is 5.91 Å². The van der Waals surface area contributed by atoms with Gasteiger partial charge in [0, 0.05) is 19.3 Å². The van der Waals surface area contributed by atoms with Crippen molar-refractivity contribution in [3.05, 3.63) is 41.7 Å². The quantitative estimate of drug-likeness (QED) is 0.907. The molecule has 7 heteroatoms. The third kappa shape index (κ3) is 3.56. The normalized spacial score (nSPS) is 16.2. The van der Waals surface area contributed by atoms with Crippen molar-refractivity contribution in [2.75, 3.05) is 31.2 Å². The van der Waals surface area contributed by atoms with Gasteiger partial charge < -0.3 is 19.7 Å². The van der Waals surface area contributed by atoms with Crippen LogP contribution in [0, 0.1) is 0 Å². The minimum atomic E-state index is -0.203. The van der Waals surface area contributed by atoms with Crippen molar-refractivity contribution in [1.82, 2.24) is 15.3 Å². The van der Waals surface area contributed by atoms with E-state index in [9.17, 15) is 4.79 Å². The average molecular weight is 354 g/mol. The van der Waals surface area contributed by atoms with Crippen LogP contribution in [0.25, 0.3) is 0 Å². The van der Waals surface area contributed by atoms with Gasteiger partial charge in [-0.25, -0.2) is 9.97 Å². The third-order valence-electron chi connectivity index (χ3n) is 4.58. The molecule has 7 nitrogen and oxygen atoms in total. The van der Waals surface area contributed by atoms with Crippen molar-refractivity contribution in [1.29, 1.82) is 0 Å². The summed E-state index contributed by atoms with van der Waals surface area (Å²) in [7, 11) is 0. The lowest BCUT2D eigenvalue weighted by Crippen LogP contribution is -2.31. The maximum absolute atomic E-state index is 12.6.